The number of allylic oxidation sites excluding steroid dienone is 2. The Kier molecular flexibility index (Phi) is 8.40. The van der Waals surface area contributed by atoms with Gasteiger partial charge in [-0.05, 0) is 56.1 Å². The molecule has 0 bridgehead atoms. The van der Waals surface area contributed by atoms with Crippen molar-refractivity contribution in [3.05, 3.63) is 54.7 Å². The summed E-state index contributed by atoms with van der Waals surface area (Å²) in [4.78, 5) is 26.2. The number of rotatable bonds is 8. The summed E-state index contributed by atoms with van der Waals surface area (Å²) in [5.74, 6) is 0.334. The maximum atomic E-state index is 13.1. The summed E-state index contributed by atoms with van der Waals surface area (Å²) in [7, 11) is 5.91. The third-order valence-corrected chi connectivity index (χ3v) is 7.01. The van der Waals surface area contributed by atoms with Crippen molar-refractivity contribution in [3.8, 4) is 23.0 Å². The molecule has 0 saturated heterocycles. The summed E-state index contributed by atoms with van der Waals surface area (Å²) in [5, 5.41) is 5.01. The lowest BCUT2D eigenvalue weighted by atomic mass is 10.0. The molecule has 0 heterocycles. The molecule has 0 amide bonds. The molecule has 34 heavy (non-hydrogen) atoms. The molecule has 1 aliphatic rings. The van der Waals surface area contributed by atoms with Crippen molar-refractivity contribution in [2.45, 2.75) is 0 Å². The van der Waals surface area contributed by atoms with Crippen molar-refractivity contribution in [3.63, 3.8) is 0 Å². The Hall–Kier alpha value is -2.40. The van der Waals surface area contributed by atoms with Crippen LogP contribution in [0.3, 0.4) is 0 Å². The number of hydrogen-bond donors (Lipinski definition) is 2. The fraction of sp³-hybridized carbons (Fsp3) is 0.182. The van der Waals surface area contributed by atoms with Gasteiger partial charge in [0.2, 0.25) is 11.6 Å². The summed E-state index contributed by atoms with van der Waals surface area (Å²) >= 11 is 19.4. The highest BCUT2D eigenvalue weighted by molar-refractivity contribution is 9.11. The Bertz CT molecular complexity index is 1150. The van der Waals surface area contributed by atoms with Gasteiger partial charge in [0.15, 0.2) is 11.5 Å². The van der Waals surface area contributed by atoms with Crippen molar-refractivity contribution < 1.29 is 28.5 Å². The first-order valence-electron chi connectivity index (χ1n) is 9.44. The number of hydrogen-bond acceptors (Lipinski definition) is 8. The van der Waals surface area contributed by atoms with Crippen LogP contribution in [0.5, 0.6) is 23.0 Å². The molecule has 0 saturated carbocycles. The van der Waals surface area contributed by atoms with E-state index in [0.717, 1.165) is 0 Å². The van der Waals surface area contributed by atoms with Crippen molar-refractivity contribution >= 4 is 78.0 Å². The number of anilines is 2. The highest BCUT2D eigenvalue weighted by Gasteiger charge is 2.35. The van der Waals surface area contributed by atoms with Gasteiger partial charge in [-0.1, -0.05) is 23.2 Å². The zero-order valence-electron chi connectivity index (χ0n) is 18.3. The third-order valence-electron chi connectivity index (χ3n) is 4.78. The molecular weight excluding hydrogens is 619 g/mol. The number of ether oxygens (including phenoxy) is 4. The molecule has 0 atom stereocenters. The predicted octanol–water partition coefficient (Wildman–Crippen LogP) is 5.82. The van der Waals surface area contributed by atoms with E-state index in [1.807, 2.05) is 0 Å². The third kappa shape index (κ3) is 4.72. The average molecular weight is 637 g/mol. The van der Waals surface area contributed by atoms with E-state index in [0.29, 0.717) is 43.3 Å². The van der Waals surface area contributed by atoms with Gasteiger partial charge in [0, 0.05) is 0 Å². The first kappa shape index (κ1) is 26.2. The lowest BCUT2D eigenvalue weighted by Crippen LogP contribution is -2.27. The second kappa shape index (κ2) is 10.9. The van der Waals surface area contributed by atoms with E-state index >= 15 is 0 Å². The Balaban J connectivity index is 1.98. The molecule has 2 aromatic rings. The Morgan fingerprint density at radius 3 is 1.29 bits per heavy atom. The van der Waals surface area contributed by atoms with E-state index in [1.165, 1.54) is 28.4 Å². The zero-order chi connectivity index (χ0) is 25.2. The van der Waals surface area contributed by atoms with Gasteiger partial charge in [0.1, 0.15) is 41.9 Å². The second-order valence-corrected chi connectivity index (χ2v) is 8.95. The maximum Gasteiger partial charge on any atom is 0.224 e. The number of carbonyl (C=O) groups is 2. The standard InChI is InChI=1S/C22H18Br2Cl2N2O6/c1-31-11-7-5-9(21(33-3)13(11)23)27-17-15(25)20(30)18(16(26)19(17)29)28-10-6-8-12(32-2)14(24)22(10)34-4/h5-8,27-28H,1-4H3. The number of methoxy groups -OCH3 is 4. The summed E-state index contributed by atoms with van der Waals surface area (Å²) < 4.78 is 22.3. The van der Waals surface area contributed by atoms with Gasteiger partial charge in [-0.3, -0.25) is 9.59 Å². The monoisotopic (exact) mass is 634 g/mol. The van der Waals surface area contributed by atoms with E-state index in [9.17, 15) is 9.59 Å². The lowest BCUT2D eigenvalue weighted by Gasteiger charge is -2.22. The number of Topliss-reactive ketones (excluding diaryl/α,β-unsaturated/α-hetero) is 2. The number of benzene rings is 2. The number of ketones is 2. The molecule has 2 aromatic carbocycles. The number of nitrogens with one attached hydrogen (secondary N) is 2. The molecule has 0 unspecified atom stereocenters. The van der Waals surface area contributed by atoms with Crippen LogP contribution < -0.4 is 29.6 Å². The van der Waals surface area contributed by atoms with Gasteiger partial charge in [-0.15, -0.1) is 0 Å². The molecule has 180 valence electrons. The first-order chi connectivity index (χ1) is 16.2. The van der Waals surface area contributed by atoms with Gasteiger partial charge in [0.05, 0.1) is 39.8 Å². The van der Waals surface area contributed by atoms with Gasteiger partial charge in [-0.25, -0.2) is 0 Å². The Labute approximate surface area is 222 Å². The molecule has 1 aliphatic carbocycles. The van der Waals surface area contributed by atoms with Crippen molar-refractivity contribution in [1.29, 1.82) is 0 Å². The Morgan fingerprint density at radius 1 is 0.647 bits per heavy atom. The lowest BCUT2D eigenvalue weighted by molar-refractivity contribution is -0.115. The van der Waals surface area contributed by atoms with Crippen LogP contribution in [0.15, 0.2) is 54.7 Å². The number of carbonyl (C=O) groups excluding carboxylic acids is 2. The molecular formula is C22H18Br2Cl2N2O6. The molecule has 0 spiro atoms. The number of halogens is 4. The Morgan fingerprint density at radius 2 is 1.00 bits per heavy atom. The second-order valence-electron chi connectivity index (χ2n) is 6.61. The summed E-state index contributed by atoms with van der Waals surface area (Å²) in [6.45, 7) is 0. The van der Waals surface area contributed by atoms with Crippen LogP contribution in [0, 0.1) is 0 Å². The summed E-state index contributed by atoms with van der Waals surface area (Å²) in [6.07, 6.45) is 0. The first-order valence-corrected chi connectivity index (χ1v) is 11.8. The van der Waals surface area contributed by atoms with Gasteiger partial charge in [0.25, 0.3) is 0 Å². The fourth-order valence-corrected chi connectivity index (χ4v) is 4.92. The van der Waals surface area contributed by atoms with Crippen LogP contribution in [0.2, 0.25) is 0 Å². The van der Waals surface area contributed by atoms with E-state index in [1.54, 1.807) is 24.3 Å². The van der Waals surface area contributed by atoms with Crippen LogP contribution in [0.4, 0.5) is 11.4 Å². The maximum absolute atomic E-state index is 13.1. The topological polar surface area (TPSA) is 95.1 Å². The highest BCUT2D eigenvalue weighted by Crippen LogP contribution is 2.43. The molecule has 8 nitrogen and oxygen atoms in total. The summed E-state index contributed by atoms with van der Waals surface area (Å²) in [5.41, 5.74) is 0.345. The molecule has 12 heteroatoms. The zero-order valence-corrected chi connectivity index (χ0v) is 23.0. The molecule has 0 fully saturated rings. The predicted molar refractivity (Wildman–Crippen MR) is 138 cm³/mol. The van der Waals surface area contributed by atoms with E-state index in [-0.39, 0.29) is 21.5 Å². The van der Waals surface area contributed by atoms with Gasteiger partial charge >= 0.3 is 0 Å². The minimum Gasteiger partial charge on any atom is -0.495 e. The smallest absolute Gasteiger partial charge is 0.224 e. The van der Waals surface area contributed by atoms with Gasteiger partial charge in [-0.2, -0.15) is 0 Å². The minimum absolute atomic E-state index is 0.194. The summed E-state index contributed by atoms with van der Waals surface area (Å²) in [6, 6.07) is 6.53. The van der Waals surface area contributed by atoms with Crippen molar-refractivity contribution in [2.24, 2.45) is 0 Å². The van der Waals surface area contributed by atoms with Crippen LogP contribution in [-0.4, -0.2) is 40.0 Å². The van der Waals surface area contributed by atoms with Crippen LogP contribution in [0.1, 0.15) is 0 Å². The quantitative estimate of drug-likeness (QED) is 0.350. The van der Waals surface area contributed by atoms with Gasteiger partial charge < -0.3 is 29.6 Å². The molecule has 2 N–H and O–H groups in total. The molecule has 0 radical (unpaired) electrons. The van der Waals surface area contributed by atoms with Crippen molar-refractivity contribution in [2.75, 3.05) is 39.1 Å². The van der Waals surface area contributed by atoms with E-state index in [4.69, 9.17) is 42.1 Å². The molecule has 0 aliphatic heterocycles. The average Bonchev–Trinajstić information content (AvgIpc) is 2.83. The van der Waals surface area contributed by atoms with Crippen molar-refractivity contribution in [1.82, 2.24) is 0 Å². The highest BCUT2D eigenvalue weighted by atomic mass is 79.9. The SMILES string of the molecule is COc1ccc(NC2=C(Cl)C(=O)C(Nc3ccc(OC)c(Br)c3OC)=C(Cl)C2=O)c(OC)c1Br. The minimum atomic E-state index is -0.686. The largest absolute Gasteiger partial charge is 0.495 e. The van der Waals surface area contributed by atoms with Crippen LogP contribution in [-0.2, 0) is 9.59 Å². The van der Waals surface area contributed by atoms with Crippen LogP contribution in [0.25, 0.3) is 0 Å². The molecule has 0 aromatic heterocycles. The van der Waals surface area contributed by atoms with Crippen LogP contribution >= 0.6 is 55.1 Å². The molecule has 3 rings (SSSR count). The van der Waals surface area contributed by atoms with E-state index in [2.05, 4.69) is 42.5 Å². The van der Waals surface area contributed by atoms with E-state index < -0.39 is 11.6 Å². The fourth-order valence-electron chi connectivity index (χ4n) is 3.13. The normalized spacial score (nSPS) is 13.8.